The van der Waals surface area contributed by atoms with Crippen molar-refractivity contribution in [1.29, 1.82) is 0 Å². The largest absolute Gasteiger partial charge is 0.463 e. The van der Waals surface area contributed by atoms with Gasteiger partial charge in [-0.3, -0.25) is 0 Å². The van der Waals surface area contributed by atoms with Crippen molar-refractivity contribution in [2.75, 3.05) is 39.5 Å². The van der Waals surface area contributed by atoms with E-state index in [4.69, 9.17) is 9.47 Å². The lowest BCUT2D eigenvalue weighted by atomic mass is 10.0. The van der Waals surface area contributed by atoms with Crippen LogP contribution in [-0.2, 0) is 19.1 Å². The van der Waals surface area contributed by atoms with Gasteiger partial charge in [-0.25, -0.2) is 9.59 Å². The van der Waals surface area contributed by atoms with E-state index in [9.17, 15) is 14.7 Å². The molecule has 0 bridgehead atoms. The second-order valence-corrected chi connectivity index (χ2v) is 17.8. The fourth-order valence-corrected chi connectivity index (χ4v) is 8.00. The van der Waals surface area contributed by atoms with Crippen LogP contribution in [0.1, 0.15) is 265 Å². The number of carbonyl (C=O) groups is 2. The zero-order valence-corrected chi connectivity index (χ0v) is 40.1. The molecule has 0 spiro atoms. The van der Waals surface area contributed by atoms with Gasteiger partial charge < -0.3 is 19.5 Å². The first-order valence-corrected chi connectivity index (χ1v) is 26.1. The normalized spacial score (nSPS) is 12.2. The van der Waals surface area contributed by atoms with Gasteiger partial charge in [-0.2, -0.15) is 0 Å². The molecule has 348 valence electrons. The molecule has 0 heterocycles. The number of rotatable bonds is 47. The molecular weight excluding hydrogens is 731 g/mol. The number of esters is 2. The predicted octanol–water partition coefficient (Wildman–Crippen LogP) is 15.7. The third kappa shape index (κ3) is 42.8. The summed E-state index contributed by atoms with van der Waals surface area (Å²) < 4.78 is 11.1. The molecule has 0 unspecified atom stereocenters. The van der Waals surface area contributed by atoms with Crippen molar-refractivity contribution in [1.82, 2.24) is 4.90 Å². The molecule has 0 aromatic carbocycles. The van der Waals surface area contributed by atoms with Gasteiger partial charge in [-0.1, -0.05) is 193 Å². The fourth-order valence-electron chi connectivity index (χ4n) is 8.00. The van der Waals surface area contributed by atoms with Crippen molar-refractivity contribution in [2.45, 2.75) is 265 Å². The van der Waals surface area contributed by atoms with Gasteiger partial charge >= 0.3 is 11.9 Å². The number of aliphatic hydroxyl groups excluding tert-OH is 1. The maximum absolute atomic E-state index is 12.4. The number of hydrogen-bond acceptors (Lipinski definition) is 6. The average Bonchev–Trinajstić information content (AvgIpc) is 3.23. The summed E-state index contributed by atoms with van der Waals surface area (Å²) in [6, 6.07) is 0. The lowest BCUT2D eigenvalue weighted by Gasteiger charge is -2.22. The van der Waals surface area contributed by atoms with E-state index in [-0.39, 0.29) is 18.5 Å². The first-order valence-electron chi connectivity index (χ1n) is 26.1. The van der Waals surface area contributed by atoms with Crippen LogP contribution >= 0.6 is 0 Å². The molecule has 59 heavy (non-hydrogen) atoms. The van der Waals surface area contributed by atoms with E-state index >= 15 is 0 Å². The Kier molecular flexibility index (Phi) is 46.1. The van der Waals surface area contributed by atoms with Crippen molar-refractivity contribution in [2.24, 2.45) is 0 Å². The molecule has 0 aliphatic heterocycles. The number of unbranched alkanes of at least 4 members (excludes halogenated alkanes) is 26. The van der Waals surface area contributed by atoms with Gasteiger partial charge in [0.2, 0.25) is 0 Å². The average molecular weight is 832 g/mol. The second-order valence-electron chi connectivity index (χ2n) is 17.8. The summed E-state index contributed by atoms with van der Waals surface area (Å²) >= 11 is 0. The first kappa shape index (κ1) is 57.3. The molecular formula is C53H101NO5. The molecule has 0 saturated heterocycles. The number of allylic oxidation sites excluding steroid dienone is 2. The van der Waals surface area contributed by atoms with E-state index in [2.05, 4.69) is 32.6 Å². The van der Waals surface area contributed by atoms with E-state index in [0.717, 1.165) is 103 Å². The Morgan fingerprint density at radius 3 is 1.02 bits per heavy atom. The van der Waals surface area contributed by atoms with Crippen LogP contribution in [0.15, 0.2) is 23.3 Å². The second kappa shape index (κ2) is 47.4. The topological polar surface area (TPSA) is 76.1 Å². The fraction of sp³-hybridized carbons (Fsp3) is 0.887. The standard InChI is InChI=1S/C53H101NO5/c1-5-9-13-25-31-40-50(38-11-7-3)48-52(56)58-46-35-29-23-19-15-17-21-27-33-42-54(44-37-45-55)43-34-28-22-18-16-20-24-30-36-47-59-53(57)49-51(39-12-8-4)41-32-26-14-10-6-2/h48-49,55H,5-47H2,1-4H3/b50-48+,51-49+. The maximum Gasteiger partial charge on any atom is 0.330 e. The van der Waals surface area contributed by atoms with Crippen molar-refractivity contribution in [3.63, 3.8) is 0 Å². The molecule has 6 nitrogen and oxygen atoms in total. The van der Waals surface area contributed by atoms with Gasteiger partial charge in [0.25, 0.3) is 0 Å². The van der Waals surface area contributed by atoms with Crippen LogP contribution in [0.4, 0.5) is 0 Å². The molecule has 0 rings (SSSR count). The summed E-state index contributed by atoms with van der Waals surface area (Å²) in [6.07, 6.45) is 48.3. The molecule has 0 amide bonds. The number of nitrogens with zero attached hydrogens (tertiary/aromatic N) is 1. The van der Waals surface area contributed by atoms with Crippen LogP contribution in [-0.4, -0.2) is 61.4 Å². The molecule has 0 aromatic rings. The van der Waals surface area contributed by atoms with Crippen LogP contribution in [0.25, 0.3) is 0 Å². The molecule has 0 aliphatic rings. The van der Waals surface area contributed by atoms with Crippen LogP contribution in [0, 0.1) is 0 Å². The lowest BCUT2D eigenvalue weighted by Crippen LogP contribution is -2.27. The third-order valence-electron chi connectivity index (χ3n) is 11.9. The third-order valence-corrected chi connectivity index (χ3v) is 11.9. The Hall–Kier alpha value is -1.66. The SMILES string of the molecule is CCCCCCC/C(=C/C(=O)OCCCCCCCCCCCN(CCCO)CCCCCCCCCCCOC(=O)/C=C(\CCCC)CCCCCCC)CCCC. The Morgan fingerprint density at radius 2 is 0.661 bits per heavy atom. The summed E-state index contributed by atoms with van der Waals surface area (Å²) in [4.78, 5) is 27.4. The quantitative estimate of drug-likeness (QED) is 0.0374. The molecule has 0 fully saturated rings. The van der Waals surface area contributed by atoms with E-state index < -0.39 is 0 Å². The van der Waals surface area contributed by atoms with Crippen LogP contribution in [0.5, 0.6) is 0 Å². The van der Waals surface area contributed by atoms with Crippen molar-refractivity contribution < 1.29 is 24.2 Å². The van der Waals surface area contributed by atoms with E-state index in [0.29, 0.717) is 13.2 Å². The first-order chi connectivity index (χ1) is 29.0. The van der Waals surface area contributed by atoms with Gasteiger partial charge in [0.15, 0.2) is 0 Å². The molecule has 0 atom stereocenters. The number of aliphatic hydroxyl groups is 1. The molecule has 1 N–H and O–H groups in total. The highest BCUT2D eigenvalue weighted by Crippen LogP contribution is 2.19. The van der Waals surface area contributed by atoms with E-state index in [1.54, 1.807) is 12.2 Å². The summed E-state index contributed by atoms with van der Waals surface area (Å²) in [5.41, 5.74) is 2.57. The van der Waals surface area contributed by atoms with Crippen LogP contribution < -0.4 is 0 Å². The molecule has 0 radical (unpaired) electrons. The minimum Gasteiger partial charge on any atom is -0.463 e. The monoisotopic (exact) mass is 832 g/mol. The van der Waals surface area contributed by atoms with E-state index in [1.165, 1.54) is 165 Å². The van der Waals surface area contributed by atoms with Crippen molar-refractivity contribution in [3.8, 4) is 0 Å². The summed E-state index contributed by atoms with van der Waals surface area (Å²) in [6.45, 7) is 13.7. The zero-order chi connectivity index (χ0) is 43.1. The predicted molar refractivity (Wildman–Crippen MR) is 255 cm³/mol. The lowest BCUT2D eigenvalue weighted by molar-refractivity contribution is -0.138. The van der Waals surface area contributed by atoms with Crippen LogP contribution in [0.3, 0.4) is 0 Å². The van der Waals surface area contributed by atoms with Crippen LogP contribution in [0.2, 0.25) is 0 Å². The Morgan fingerprint density at radius 1 is 0.373 bits per heavy atom. The van der Waals surface area contributed by atoms with Crippen molar-refractivity contribution in [3.05, 3.63) is 23.3 Å². The summed E-state index contributed by atoms with van der Waals surface area (Å²) in [5, 5.41) is 9.42. The van der Waals surface area contributed by atoms with Gasteiger partial charge in [0.05, 0.1) is 13.2 Å². The minimum atomic E-state index is -0.131. The Bertz CT molecular complexity index is 890. The number of carbonyl (C=O) groups excluding carboxylic acids is 2. The summed E-state index contributed by atoms with van der Waals surface area (Å²) in [7, 11) is 0. The zero-order valence-electron chi connectivity index (χ0n) is 40.1. The molecule has 0 aromatic heterocycles. The van der Waals surface area contributed by atoms with Gasteiger partial charge in [0, 0.05) is 25.3 Å². The Balaban J connectivity index is 3.88. The van der Waals surface area contributed by atoms with Crippen molar-refractivity contribution >= 4 is 11.9 Å². The molecule has 0 saturated carbocycles. The maximum atomic E-state index is 12.4. The highest BCUT2D eigenvalue weighted by Gasteiger charge is 2.07. The molecule has 6 heteroatoms. The highest BCUT2D eigenvalue weighted by molar-refractivity contribution is 5.83. The minimum absolute atomic E-state index is 0.131. The summed E-state index contributed by atoms with van der Waals surface area (Å²) in [5.74, 6) is -0.261. The van der Waals surface area contributed by atoms with E-state index in [1.807, 2.05) is 0 Å². The number of hydrogen-bond donors (Lipinski definition) is 1. The highest BCUT2D eigenvalue weighted by atomic mass is 16.5. The number of ether oxygens (including phenoxy) is 2. The van der Waals surface area contributed by atoms with Gasteiger partial charge in [-0.15, -0.1) is 0 Å². The smallest absolute Gasteiger partial charge is 0.330 e. The van der Waals surface area contributed by atoms with Gasteiger partial charge in [0.1, 0.15) is 0 Å². The molecule has 0 aliphatic carbocycles. The Labute approximate surface area is 367 Å². The van der Waals surface area contributed by atoms with Gasteiger partial charge in [-0.05, 0) is 96.6 Å².